The Balaban J connectivity index is 1.36. The SMILES string of the molecule is C[C@@H]1CC[C@H]2[C@H](C)[C@H]3[C@H](C[C@H]4[C@@H]5CC=C6C[C@@H](O)CC[C@]6(C)[C@H]5C[C@@H](O)[C@]34C)N2C1. The van der Waals surface area contributed by atoms with Crippen LogP contribution in [0.15, 0.2) is 11.6 Å². The summed E-state index contributed by atoms with van der Waals surface area (Å²) in [6.45, 7) is 11.2. The van der Waals surface area contributed by atoms with Gasteiger partial charge in [0, 0.05) is 24.0 Å². The van der Waals surface area contributed by atoms with E-state index in [1.54, 1.807) is 0 Å². The molecule has 2 saturated heterocycles. The molecule has 0 aromatic heterocycles. The van der Waals surface area contributed by atoms with Crippen LogP contribution in [0.3, 0.4) is 0 Å². The van der Waals surface area contributed by atoms with Crippen molar-refractivity contribution in [1.82, 2.24) is 4.90 Å². The molecule has 6 aliphatic rings. The molecule has 0 radical (unpaired) electrons. The smallest absolute Gasteiger partial charge is 0.0603 e. The van der Waals surface area contributed by atoms with Gasteiger partial charge in [-0.1, -0.05) is 39.3 Å². The van der Waals surface area contributed by atoms with Crippen LogP contribution in [-0.4, -0.2) is 45.9 Å². The molecule has 3 nitrogen and oxygen atoms in total. The molecule has 0 aromatic carbocycles. The van der Waals surface area contributed by atoms with Crippen molar-refractivity contribution in [3.05, 3.63) is 11.6 Å². The average Bonchev–Trinajstić information content (AvgIpc) is 3.17. The van der Waals surface area contributed by atoms with Crippen molar-refractivity contribution in [2.24, 2.45) is 46.3 Å². The van der Waals surface area contributed by atoms with Crippen molar-refractivity contribution in [1.29, 1.82) is 0 Å². The maximum absolute atomic E-state index is 11.8. The third kappa shape index (κ3) is 2.44. The van der Waals surface area contributed by atoms with Crippen molar-refractivity contribution in [3.8, 4) is 0 Å². The van der Waals surface area contributed by atoms with E-state index in [0.717, 1.165) is 49.5 Å². The summed E-state index contributed by atoms with van der Waals surface area (Å²) in [7, 11) is 0. The van der Waals surface area contributed by atoms with E-state index in [2.05, 4.69) is 38.7 Å². The summed E-state index contributed by atoms with van der Waals surface area (Å²) in [5, 5.41) is 22.1. The lowest BCUT2D eigenvalue weighted by molar-refractivity contribution is -0.135. The Hall–Kier alpha value is -0.380. The minimum absolute atomic E-state index is 0.0850. The van der Waals surface area contributed by atoms with E-state index in [9.17, 15) is 10.2 Å². The summed E-state index contributed by atoms with van der Waals surface area (Å²) in [5.74, 6) is 4.19. The molecule has 30 heavy (non-hydrogen) atoms. The topological polar surface area (TPSA) is 43.7 Å². The standard InChI is InChI=1S/C27H43NO2/c1-15-5-8-22-16(2)25-23(28(22)14-15)12-21-19-7-6-17-11-18(29)9-10-26(17,3)20(19)13-24(30)27(21,25)4/h6,15-16,18-25,29-30H,5,7-14H2,1-4H3/t15-,16+,18+,19-,20+,21+,22+,23+,24-,25+,26+,27-/m1/s1. The fourth-order valence-corrected chi connectivity index (χ4v) is 10.3. The van der Waals surface area contributed by atoms with E-state index in [1.165, 1.54) is 37.8 Å². The van der Waals surface area contributed by atoms with Crippen molar-refractivity contribution in [2.45, 2.75) is 103 Å². The molecule has 4 aliphatic carbocycles. The van der Waals surface area contributed by atoms with Gasteiger partial charge in [0.2, 0.25) is 0 Å². The van der Waals surface area contributed by atoms with Gasteiger partial charge in [0.05, 0.1) is 12.2 Å². The summed E-state index contributed by atoms with van der Waals surface area (Å²) in [6, 6.07) is 1.46. The minimum atomic E-state index is -0.164. The summed E-state index contributed by atoms with van der Waals surface area (Å²) in [6.07, 6.45) is 11.4. The first kappa shape index (κ1) is 20.2. The van der Waals surface area contributed by atoms with Gasteiger partial charge in [0.15, 0.2) is 0 Å². The van der Waals surface area contributed by atoms with Crippen LogP contribution >= 0.6 is 0 Å². The van der Waals surface area contributed by atoms with E-state index < -0.39 is 0 Å². The Bertz CT molecular complexity index is 749. The van der Waals surface area contributed by atoms with Gasteiger partial charge in [-0.15, -0.1) is 0 Å². The fourth-order valence-electron chi connectivity index (χ4n) is 10.3. The number of piperidine rings is 1. The first-order valence-electron chi connectivity index (χ1n) is 13.1. The third-order valence-electron chi connectivity index (χ3n) is 11.8. The Morgan fingerprint density at radius 3 is 2.60 bits per heavy atom. The summed E-state index contributed by atoms with van der Waals surface area (Å²) < 4.78 is 0. The number of nitrogens with zero attached hydrogens (tertiary/aromatic N) is 1. The number of aliphatic hydroxyl groups is 2. The average molecular weight is 414 g/mol. The zero-order valence-corrected chi connectivity index (χ0v) is 19.6. The molecule has 0 spiro atoms. The highest BCUT2D eigenvalue weighted by molar-refractivity contribution is 5.27. The lowest BCUT2D eigenvalue weighted by Gasteiger charge is -2.60. The number of fused-ring (bicyclic) bond motifs is 9. The van der Waals surface area contributed by atoms with Crippen LogP contribution in [0, 0.1) is 46.3 Å². The Labute approximate surface area is 183 Å². The van der Waals surface area contributed by atoms with Crippen LogP contribution in [0.5, 0.6) is 0 Å². The first-order chi connectivity index (χ1) is 14.2. The monoisotopic (exact) mass is 413 g/mol. The van der Waals surface area contributed by atoms with Gasteiger partial charge in [-0.3, -0.25) is 4.90 Å². The van der Waals surface area contributed by atoms with E-state index in [0.29, 0.717) is 23.8 Å². The Morgan fingerprint density at radius 1 is 1.00 bits per heavy atom. The van der Waals surface area contributed by atoms with Gasteiger partial charge in [-0.05, 0) is 92.3 Å². The first-order valence-corrected chi connectivity index (χ1v) is 13.1. The quantitative estimate of drug-likeness (QED) is 0.569. The molecule has 168 valence electrons. The number of allylic oxidation sites excluding steroid dienone is 1. The van der Waals surface area contributed by atoms with Crippen LogP contribution in [-0.2, 0) is 0 Å². The second-order valence-corrected chi connectivity index (χ2v) is 12.9. The molecule has 0 bridgehead atoms. The van der Waals surface area contributed by atoms with Crippen LogP contribution < -0.4 is 0 Å². The molecular formula is C27H43NO2. The highest BCUT2D eigenvalue weighted by Crippen LogP contribution is 2.69. The highest BCUT2D eigenvalue weighted by atomic mass is 16.3. The number of aliphatic hydroxyl groups excluding tert-OH is 2. The van der Waals surface area contributed by atoms with Gasteiger partial charge in [0.1, 0.15) is 0 Å². The van der Waals surface area contributed by atoms with Gasteiger partial charge < -0.3 is 10.2 Å². The summed E-state index contributed by atoms with van der Waals surface area (Å²) >= 11 is 0. The molecule has 0 aromatic rings. The van der Waals surface area contributed by atoms with Crippen LogP contribution in [0.1, 0.15) is 79.1 Å². The van der Waals surface area contributed by atoms with E-state index in [-0.39, 0.29) is 23.0 Å². The normalized spacial score (nSPS) is 60.1. The summed E-state index contributed by atoms with van der Waals surface area (Å²) in [5.41, 5.74) is 1.80. The van der Waals surface area contributed by atoms with Crippen molar-refractivity contribution < 1.29 is 10.2 Å². The molecular weight excluding hydrogens is 370 g/mol. The predicted octanol–water partition coefficient (Wildman–Crippen LogP) is 4.63. The Morgan fingerprint density at radius 2 is 1.80 bits per heavy atom. The molecule has 2 N–H and O–H groups in total. The molecule has 3 saturated carbocycles. The van der Waals surface area contributed by atoms with Crippen LogP contribution in [0.4, 0.5) is 0 Å². The molecule has 2 aliphatic heterocycles. The minimum Gasteiger partial charge on any atom is -0.393 e. The van der Waals surface area contributed by atoms with E-state index in [1.807, 2.05) is 0 Å². The zero-order valence-electron chi connectivity index (χ0n) is 19.6. The molecule has 0 unspecified atom stereocenters. The van der Waals surface area contributed by atoms with Gasteiger partial charge in [0.25, 0.3) is 0 Å². The molecule has 12 atom stereocenters. The Kier molecular flexibility index (Phi) is 4.44. The second-order valence-electron chi connectivity index (χ2n) is 12.9. The largest absolute Gasteiger partial charge is 0.393 e. The molecule has 3 heteroatoms. The maximum atomic E-state index is 11.8. The van der Waals surface area contributed by atoms with Gasteiger partial charge >= 0.3 is 0 Å². The lowest BCUT2D eigenvalue weighted by atomic mass is 9.46. The van der Waals surface area contributed by atoms with E-state index >= 15 is 0 Å². The van der Waals surface area contributed by atoms with Crippen LogP contribution in [0.25, 0.3) is 0 Å². The molecule has 6 rings (SSSR count). The lowest BCUT2D eigenvalue weighted by Crippen LogP contribution is -2.57. The third-order valence-corrected chi connectivity index (χ3v) is 11.8. The number of rotatable bonds is 0. The highest BCUT2D eigenvalue weighted by Gasteiger charge is 2.69. The number of hydrogen-bond donors (Lipinski definition) is 2. The van der Waals surface area contributed by atoms with Crippen LogP contribution in [0.2, 0.25) is 0 Å². The van der Waals surface area contributed by atoms with Gasteiger partial charge in [-0.25, -0.2) is 0 Å². The fraction of sp³-hybridized carbons (Fsp3) is 0.926. The second kappa shape index (κ2) is 6.58. The molecule has 0 amide bonds. The molecule has 5 fully saturated rings. The van der Waals surface area contributed by atoms with Crippen molar-refractivity contribution in [3.63, 3.8) is 0 Å². The van der Waals surface area contributed by atoms with E-state index in [4.69, 9.17) is 0 Å². The van der Waals surface area contributed by atoms with Crippen molar-refractivity contribution in [2.75, 3.05) is 6.54 Å². The molecule has 2 heterocycles. The maximum Gasteiger partial charge on any atom is 0.0603 e. The van der Waals surface area contributed by atoms with Crippen molar-refractivity contribution >= 4 is 0 Å². The zero-order chi connectivity index (χ0) is 21.0. The number of hydrogen-bond acceptors (Lipinski definition) is 3. The summed E-state index contributed by atoms with van der Waals surface area (Å²) in [4.78, 5) is 2.91. The van der Waals surface area contributed by atoms with Gasteiger partial charge in [-0.2, -0.15) is 0 Å². The predicted molar refractivity (Wildman–Crippen MR) is 120 cm³/mol.